The highest BCUT2D eigenvalue weighted by atomic mass is 79.9. The van der Waals surface area contributed by atoms with Gasteiger partial charge in [0, 0.05) is 196 Å². The van der Waals surface area contributed by atoms with Crippen molar-refractivity contribution in [3.63, 3.8) is 0 Å². The van der Waals surface area contributed by atoms with Gasteiger partial charge in [-0.15, -0.1) is 0 Å². The van der Waals surface area contributed by atoms with Crippen molar-refractivity contribution in [2.75, 3.05) is 204 Å². The number of methoxy groups -OCH3 is 2. The molecule has 0 radical (unpaired) electrons. The van der Waals surface area contributed by atoms with Crippen molar-refractivity contribution >= 4 is 194 Å². The average Bonchev–Trinajstić information content (AvgIpc) is 1.57. The third kappa shape index (κ3) is 29.0. The minimum Gasteiger partial charge on any atom is -0.465 e. The summed E-state index contributed by atoms with van der Waals surface area (Å²) < 4.78 is 56.7. The second-order valence-electron chi connectivity index (χ2n) is 36.4. The molecule has 4 unspecified atom stereocenters. The van der Waals surface area contributed by atoms with Crippen molar-refractivity contribution < 1.29 is 123 Å². The molecule has 13 rings (SSSR count). The predicted octanol–water partition coefficient (Wildman–Crippen LogP) is 7.18. The highest BCUT2D eigenvalue weighted by molar-refractivity contribution is 9.09. The first-order valence-electron chi connectivity index (χ1n) is 48.0. The Kier molecular flexibility index (Phi) is 41.1. The summed E-state index contributed by atoms with van der Waals surface area (Å²) in [6.07, 6.45) is 1.98. The number of halogens is 2. The van der Waals surface area contributed by atoms with Gasteiger partial charge >= 0.3 is 36.2 Å². The van der Waals surface area contributed by atoms with Crippen LogP contribution in [0, 0.1) is 25.7 Å². The number of nitrogens with zero attached hydrogens (tertiary/aromatic N) is 7. The maximum atomic E-state index is 14.7. The molecule has 4 aromatic heterocycles. The summed E-state index contributed by atoms with van der Waals surface area (Å²) in [5.41, 5.74) is 22.5. The van der Waals surface area contributed by atoms with Gasteiger partial charge in [0.1, 0.15) is 29.3 Å². The monoisotopic (exact) mass is 2170 g/mol. The normalized spacial score (nSPS) is 15.9. The summed E-state index contributed by atoms with van der Waals surface area (Å²) in [5, 5.41) is 24.3. The number of hydrogen-bond acceptors (Lipinski definition) is 29. The molecule has 0 aliphatic carbocycles. The van der Waals surface area contributed by atoms with Crippen molar-refractivity contribution in [2.24, 2.45) is 29.0 Å². The summed E-state index contributed by atoms with van der Waals surface area (Å²) in [6, 6.07) is 10.5. The number of primary amides is 2. The highest BCUT2D eigenvalue weighted by Crippen LogP contribution is 2.51. The van der Waals surface area contributed by atoms with Crippen LogP contribution in [0.3, 0.4) is 0 Å². The average molecular weight is 2180 g/mol. The van der Waals surface area contributed by atoms with Crippen LogP contribution >= 0.6 is 31.9 Å². The number of carbonyl (C=O) groups excluding carboxylic acids is 16. The number of piperazine rings is 2. The summed E-state index contributed by atoms with van der Waals surface area (Å²) in [5.74, 6) is -6.96. The fraction of sp³-hybridized carbons (Fsp3) is 0.495. The zero-order valence-corrected chi connectivity index (χ0v) is 86.2. The van der Waals surface area contributed by atoms with Crippen molar-refractivity contribution in [3.8, 4) is 11.5 Å². The smallest absolute Gasteiger partial charge is 0.415 e. The van der Waals surface area contributed by atoms with Crippen molar-refractivity contribution in [2.45, 2.75) is 123 Å². The Morgan fingerprint density at radius 2 is 0.912 bits per heavy atom. The Morgan fingerprint density at radius 3 is 1.31 bits per heavy atom. The quantitative estimate of drug-likeness (QED) is 0.00777. The molecule has 5 aliphatic heterocycles. The Balaban J connectivity index is 0.000000298. The third-order valence-electron chi connectivity index (χ3n) is 25.4. The molecule has 5 aliphatic rings. The molecular formula is C99H130Br2N20O26. The van der Waals surface area contributed by atoms with E-state index < -0.39 is 119 Å². The molecule has 147 heavy (non-hydrogen) atoms. The molecule has 9 heterocycles. The van der Waals surface area contributed by atoms with Crippen LogP contribution in [0.2, 0.25) is 0 Å². The van der Waals surface area contributed by atoms with Gasteiger partial charge in [0.05, 0.1) is 107 Å². The van der Waals surface area contributed by atoms with Crippen LogP contribution in [0.1, 0.15) is 150 Å². The van der Waals surface area contributed by atoms with Crippen molar-refractivity contribution in [1.82, 2.24) is 66.4 Å². The van der Waals surface area contributed by atoms with E-state index in [4.69, 9.17) is 63.9 Å². The minimum atomic E-state index is -1.14. The van der Waals surface area contributed by atoms with E-state index in [9.17, 15) is 76.7 Å². The number of aromatic nitrogens is 2. The number of nitrogens with one attached hydrogen (secondary N) is 10. The van der Waals surface area contributed by atoms with Crippen molar-refractivity contribution in [1.29, 1.82) is 0 Å². The number of anilines is 4. The molecule has 0 spiro atoms. The van der Waals surface area contributed by atoms with Gasteiger partial charge in [0.2, 0.25) is 35.4 Å². The molecule has 0 bridgehead atoms. The topological polar surface area (TPSA) is 602 Å². The van der Waals surface area contributed by atoms with Crippen LogP contribution in [0.25, 0.3) is 43.7 Å². The molecule has 16 N–H and O–H groups in total. The van der Waals surface area contributed by atoms with E-state index in [0.717, 1.165) is 4.90 Å². The number of furan rings is 2. The highest BCUT2D eigenvalue weighted by Gasteiger charge is 2.43. The molecule has 6 atom stereocenters. The number of esters is 2. The molecule has 4 aromatic carbocycles. The second kappa shape index (κ2) is 53.1. The number of alkyl halides is 2. The minimum absolute atomic E-state index is 0. The van der Waals surface area contributed by atoms with Gasteiger partial charge in [-0.05, 0) is 125 Å². The van der Waals surface area contributed by atoms with Gasteiger partial charge in [-0.2, -0.15) is 0 Å². The lowest BCUT2D eigenvalue weighted by Crippen LogP contribution is -2.54. The zero-order valence-electron chi connectivity index (χ0n) is 83.0. The number of amides is 16. The first kappa shape index (κ1) is 114. The Labute approximate surface area is 864 Å². The second-order valence-corrected chi connectivity index (χ2v) is 37.7. The summed E-state index contributed by atoms with van der Waals surface area (Å²) >= 11 is 7.23. The standard InChI is InChI=1S/C58H76BrN11O17.C40H50BrN9O9.CH4/c1-34(2)51(66-45(72)13-21-82-23-25-84-27-28-85-26-24-83-22-15-61-44(71)12-16-69-46(73)10-11-47(69)74)54(76)65-39(7-6-14-62-57(60)79)53(75)64-38-8-9-41-36(29-38)30-43(86-41)55(77)70-33-37(32-59)49-40(70)31-42(87-58(80)68-19-17-67(4)18-20-68)52-50(49)48(35(3)63-52)56(78)81-5;1-20(2)33(42)36(52)47-25(7-6-10-44-39(43)55)35(51)46-24-8-9-27-22(15-24)16-29(58-27)37(53)50-19-23(18-41)31-26(50)17-28(59-40(56)49-13-11-48(4)12-14-49)34-32(31)30(21(3)45-34)38(54)57-5;/h8-11,29-31,34,37,39,51,63H,6-7,12-28,32-33H2,1-5H3,(H,61,71)(H,64,75)(H,65,76)(H,66,72)(H3,60,62,79);8-9,15-17,20,23,25,33,45H,6-7,10-14,18-19,42H2,1-5H3,(H,46,51)(H,47,52)(H3,43,44,55);1H4/t37-,39?,51?;23-,25?,33?;/m11./s1. The number of rotatable bonds is 45. The summed E-state index contributed by atoms with van der Waals surface area (Å²) in [7, 11) is 6.52. The molecule has 16 amide bonds. The lowest BCUT2D eigenvalue weighted by atomic mass is 9.95. The van der Waals surface area contributed by atoms with E-state index in [2.05, 4.69) is 94.2 Å². The number of H-pyrrole nitrogens is 2. The molecule has 48 heteroatoms. The van der Waals surface area contributed by atoms with E-state index in [0.29, 0.717) is 172 Å². The number of fused-ring (bicyclic) bond motifs is 8. The van der Waals surface area contributed by atoms with Crippen LogP contribution in [0.4, 0.5) is 41.9 Å². The van der Waals surface area contributed by atoms with E-state index in [1.165, 1.54) is 37.3 Å². The number of aromatic amines is 2. The molecule has 796 valence electrons. The van der Waals surface area contributed by atoms with E-state index in [-0.39, 0.29) is 176 Å². The summed E-state index contributed by atoms with van der Waals surface area (Å²) in [6.45, 7) is 17.9. The lowest BCUT2D eigenvalue weighted by molar-refractivity contribution is -0.137. The molecule has 0 saturated carbocycles. The Bertz CT molecular complexity index is 6180. The number of ether oxygens (including phenoxy) is 8. The fourth-order valence-corrected chi connectivity index (χ4v) is 18.4. The summed E-state index contributed by atoms with van der Waals surface area (Å²) in [4.78, 5) is 226. The van der Waals surface area contributed by atoms with Gasteiger partial charge in [-0.3, -0.25) is 52.8 Å². The maximum absolute atomic E-state index is 14.7. The Hall–Kier alpha value is -13.6. The van der Waals surface area contributed by atoms with Crippen LogP contribution in [-0.2, 0) is 66.8 Å². The van der Waals surface area contributed by atoms with E-state index in [1.54, 1.807) is 111 Å². The van der Waals surface area contributed by atoms with Gasteiger partial charge in [0.25, 0.3) is 23.6 Å². The Morgan fingerprint density at radius 1 is 0.497 bits per heavy atom. The van der Waals surface area contributed by atoms with Crippen LogP contribution < -0.4 is 79.0 Å². The van der Waals surface area contributed by atoms with Gasteiger partial charge in [0.15, 0.2) is 23.0 Å². The molecular weight excluding hydrogens is 2050 g/mol. The molecule has 46 nitrogen and oxygen atoms in total. The number of carbonyl (C=O) groups is 16. The third-order valence-corrected chi connectivity index (χ3v) is 26.9. The van der Waals surface area contributed by atoms with E-state index in [1.807, 2.05) is 14.1 Å². The number of urea groups is 2. The van der Waals surface area contributed by atoms with E-state index >= 15 is 0 Å². The molecule has 8 aromatic rings. The van der Waals surface area contributed by atoms with Crippen molar-refractivity contribution in [3.05, 3.63) is 118 Å². The lowest BCUT2D eigenvalue weighted by Gasteiger charge is -2.31. The number of nitrogens with two attached hydrogens (primary N) is 3. The number of benzene rings is 4. The fourth-order valence-electron chi connectivity index (χ4n) is 17.4. The van der Waals surface area contributed by atoms with Crippen LogP contribution in [-0.4, -0.2) is 337 Å². The molecule has 2 fully saturated rings. The van der Waals surface area contributed by atoms with Gasteiger partial charge in [-0.25, -0.2) is 28.8 Å². The number of imide groups is 1. The first-order valence-corrected chi connectivity index (χ1v) is 50.3. The van der Waals surface area contributed by atoms with Crippen LogP contribution in [0.15, 0.2) is 81.7 Å². The number of hydrogen-bond donors (Lipinski definition) is 13. The maximum Gasteiger partial charge on any atom is 0.415 e. The molecule has 2 saturated heterocycles. The number of likely N-dealkylation sites (N-methyl/N-ethyl adjacent to an activating group) is 2. The SMILES string of the molecule is C.COC(=O)c1c(C)[nH]c2c(OC(=O)N3CCN(C)CC3)cc3c(c12)[C@H](CBr)CN3C(=O)c1cc2cc(NC(=O)C(CCCNC(N)=O)NC(=O)C(N)C(C)C)ccc2o1.COC(=O)c1c(C)[nH]c2c(OC(=O)N3CCN(C)CC3)cc3c(c12)[C@H](CBr)CN3C(=O)c1cc2cc(NC(=O)C(CCCNC(N)=O)NC(=O)C(NC(=O)CCOCCOCCOCCOCCNC(=O)CCN3C(=O)C=CC3=O)C(C)C)ccc2o1. The van der Waals surface area contributed by atoms with Crippen LogP contribution in [0.5, 0.6) is 11.5 Å². The number of aryl methyl sites for hydroxylation is 2. The first-order chi connectivity index (χ1) is 69.9. The van der Waals surface area contributed by atoms with Gasteiger partial charge in [-0.1, -0.05) is 67.0 Å². The van der Waals surface area contributed by atoms with Gasteiger partial charge < -0.3 is 146 Å². The largest absolute Gasteiger partial charge is 0.465 e. The predicted molar refractivity (Wildman–Crippen MR) is 550 cm³/mol. The zero-order chi connectivity index (χ0) is 105.